The molecule has 0 saturated carbocycles. The average Bonchev–Trinajstić information content (AvgIpc) is 2.45. The number of halogens is 1. The first-order chi connectivity index (χ1) is 10.0. The van der Waals surface area contributed by atoms with Crippen LogP contribution in [0.5, 0.6) is 0 Å². The molecule has 0 unspecified atom stereocenters. The lowest BCUT2D eigenvalue weighted by molar-refractivity contribution is -0.119. The van der Waals surface area contributed by atoms with Crippen LogP contribution in [-0.4, -0.2) is 23.5 Å². The largest absolute Gasteiger partial charge is 0.451 e. The van der Waals surface area contributed by atoms with Gasteiger partial charge in [-0.05, 0) is 30.3 Å². The number of aromatic nitrogens is 1. The molecular formula is C14H12FN3O3. The minimum Gasteiger partial charge on any atom is -0.451 e. The van der Waals surface area contributed by atoms with Gasteiger partial charge < -0.3 is 15.8 Å². The molecule has 0 aliphatic carbocycles. The lowest BCUT2D eigenvalue weighted by Crippen LogP contribution is -2.21. The van der Waals surface area contributed by atoms with Crippen LogP contribution in [0, 0.1) is 5.82 Å². The standard InChI is InChI=1S/C14H12FN3O3/c15-9-2-1-3-11(6-9)18-13(19)8-21-14(20)12-5-4-10(16)7-17-12/h1-7H,8,16H2,(H,18,19). The number of pyridine rings is 1. The third-order valence-corrected chi connectivity index (χ3v) is 2.44. The molecule has 2 rings (SSSR count). The highest BCUT2D eigenvalue weighted by molar-refractivity contribution is 5.94. The maximum absolute atomic E-state index is 12.9. The molecule has 6 nitrogen and oxygen atoms in total. The molecule has 7 heteroatoms. The van der Waals surface area contributed by atoms with Crippen molar-refractivity contribution in [1.29, 1.82) is 0 Å². The lowest BCUT2D eigenvalue weighted by Gasteiger charge is -2.06. The number of benzene rings is 1. The van der Waals surface area contributed by atoms with Crippen LogP contribution in [-0.2, 0) is 9.53 Å². The number of ether oxygens (including phenoxy) is 1. The van der Waals surface area contributed by atoms with Gasteiger partial charge in [0.05, 0.1) is 11.9 Å². The molecule has 21 heavy (non-hydrogen) atoms. The van der Waals surface area contributed by atoms with Crippen molar-refractivity contribution in [2.45, 2.75) is 0 Å². The van der Waals surface area contributed by atoms with Crippen LogP contribution in [0.25, 0.3) is 0 Å². The maximum Gasteiger partial charge on any atom is 0.357 e. The number of nitrogens with two attached hydrogens (primary N) is 1. The first kappa shape index (κ1) is 14.4. The molecule has 1 heterocycles. The van der Waals surface area contributed by atoms with E-state index >= 15 is 0 Å². The Hall–Kier alpha value is -2.96. The summed E-state index contributed by atoms with van der Waals surface area (Å²) in [7, 11) is 0. The van der Waals surface area contributed by atoms with E-state index in [0.717, 1.165) is 6.07 Å². The number of hydrogen-bond acceptors (Lipinski definition) is 5. The van der Waals surface area contributed by atoms with Gasteiger partial charge in [-0.3, -0.25) is 4.79 Å². The topological polar surface area (TPSA) is 94.3 Å². The van der Waals surface area contributed by atoms with Gasteiger partial charge in [-0.25, -0.2) is 14.2 Å². The molecule has 1 aromatic heterocycles. The summed E-state index contributed by atoms with van der Waals surface area (Å²) in [5.74, 6) is -1.80. The number of carbonyl (C=O) groups excluding carboxylic acids is 2. The summed E-state index contributed by atoms with van der Waals surface area (Å²) in [5, 5.41) is 2.40. The highest BCUT2D eigenvalue weighted by atomic mass is 19.1. The zero-order chi connectivity index (χ0) is 15.2. The summed E-state index contributed by atoms with van der Waals surface area (Å²) in [4.78, 5) is 26.9. The van der Waals surface area contributed by atoms with E-state index in [0.29, 0.717) is 5.69 Å². The number of esters is 1. The highest BCUT2D eigenvalue weighted by Gasteiger charge is 2.11. The summed E-state index contributed by atoms with van der Waals surface area (Å²) < 4.78 is 17.7. The van der Waals surface area contributed by atoms with Gasteiger partial charge in [0.25, 0.3) is 5.91 Å². The zero-order valence-electron chi connectivity index (χ0n) is 10.9. The summed E-state index contributed by atoms with van der Waals surface area (Å²) in [6.45, 7) is -0.499. The molecule has 0 spiro atoms. The first-order valence-corrected chi connectivity index (χ1v) is 5.98. The predicted octanol–water partition coefficient (Wildman–Crippen LogP) is 1.60. The van der Waals surface area contributed by atoms with Crippen molar-refractivity contribution in [1.82, 2.24) is 4.98 Å². The minimum atomic E-state index is -0.746. The fourth-order valence-electron chi connectivity index (χ4n) is 1.49. The zero-order valence-corrected chi connectivity index (χ0v) is 10.9. The third kappa shape index (κ3) is 4.27. The van der Waals surface area contributed by atoms with Crippen LogP contribution in [0.2, 0.25) is 0 Å². The van der Waals surface area contributed by atoms with Crippen LogP contribution in [0.1, 0.15) is 10.5 Å². The summed E-state index contributed by atoms with van der Waals surface area (Å²) in [6.07, 6.45) is 1.31. The van der Waals surface area contributed by atoms with Gasteiger partial charge in [0, 0.05) is 5.69 Å². The van der Waals surface area contributed by atoms with Gasteiger partial charge in [-0.2, -0.15) is 0 Å². The third-order valence-electron chi connectivity index (χ3n) is 2.44. The number of carbonyl (C=O) groups is 2. The van der Waals surface area contributed by atoms with E-state index in [1.54, 1.807) is 0 Å². The van der Waals surface area contributed by atoms with Gasteiger partial charge in [0.15, 0.2) is 6.61 Å². The number of nitrogen functional groups attached to an aromatic ring is 1. The Morgan fingerprint density at radius 2 is 2.10 bits per heavy atom. The van der Waals surface area contributed by atoms with Crippen LogP contribution >= 0.6 is 0 Å². The molecule has 0 radical (unpaired) electrons. The van der Waals surface area contributed by atoms with Gasteiger partial charge in [-0.15, -0.1) is 0 Å². The van der Waals surface area contributed by atoms with Crippen molar-refractivity contribution in [3.05, 3.63) is 54.1 Å². The van der Waals surface area contributed by atoms with E-state index in [-0.39, 0.29) is 11.4 Å². The van der Waals surface area contributed by atoms with Crippen LogP contribution < -0.4 is 11.1 Å². The SMILES string of the molecule is Nc1ccc(C(=O)OCC(=O)Nc2cccc(F)c2)nc1. The fraction of sp³-hybridized carbons (Fsp3) is 0.0714. The maximum atomic E-state index is 12.9. The van der Waals surface area contributed by atoms with Crippen molar-refractivity contribution in [3.8, 4) is 0 Å². The molecule has 3 N–H and O–H groups in total. The Labute approximate surface area is 119 Å². The van der Waals surface area contributed by atoms with E-state index in [9.17, 15) is 14.0 Å². The minimum absolute atomic E-state index is 0.0442. The highest BCUT2D eigenvalue weighted by Crippen LogP contribution is 2.09. The van der Waals surface area contributed by atoms with E-state index in [1.807, 2.05) is 0 Å². The Bertz CT molecular complexity index is 659. The molecule has 0 saturated heterocycles. The van der Waals surface area contributed by atoms with E-state index in [4.69, 9.17) is 10.5 Å². The molecule has 0 atom stereocenters. The van der Waals surface area contributed by atoms with Gasteiger partial charge in [0.1, 0.15) is 11.5 Å². The number of rotatable bonds is 4. The number of nitrogens with one attached hydrogen (secondary N) is 1. The van der Waals surface area contributed by atoms with Crippen LogP contribution in [0.15, 0.2) is 42.6 Å². The average molecular weight is 289 g/mol. The summed E-state index contributed by atoms with van der Waals surface area (Å²) >= 11 is 0. The van der Waals surface area contributed by atoms with E-state index in [2.05, 4.69) is 10.3 Å². The first-order valence-electron chi connectivity index (χ1n) is 5.98. The predicted molar refractivity (Wildman–Crippen MR) is 74.0 cm³/mol. The molecule has 0 bridgehead atoms. The van der Waals surface area contributed by atoms with Gasteiger partial charge in [-0.1, -0.05) is 6.07 Å². The van der Waals surface area contributed by atoms with Crippen molar-refractivity contribution in [2.75, 3.05) is 17.7 Å². The number of hydrogen-bond donors (Lipinski definition) is 2. The number of nitrogens with zero attached hydrogens (tertiary/aromatic N) is 1. The van der Waals surface area contributed by atoms with Gasteiger partial charge >= 0.3 is 5.97 Å². The van der Waals surface area contributed by atoms with E-state index < -0.39 is 24.3 Å². The number of amides is 1. The van der Waals surface area contributed by atoms with Gasteiger partial charge in [0.2, 0.25) is 0 Å². The Morgan fingerprint density at radius 1 is 1.29 bits per heavy atom. The Morgan fingerprint density at radius 3 is 2.76 bits per heavy atom. The molecule has 2 aromatic rings. The molecule has 0 aliphatic heterocycles. The van der Waals surface area contributed by atoms with Crippen molar-refractivity contribution < 1.29 is 18.7 Å². The molecule has 0 aliphatic rings. The molecular weight excluding hydrogens is 277 g/mol. The normalized spacial score (nSPS) is 9.95. The second kappa shape index (κ2) is 6.47. The van der Waals surface area contributed by atoms with Crippen LogP contribution in [0.3, 0.4) is 0 Å². The molecule has 1 aromatic carbocycles. The Balaban J connectivity index is 1.86. The lowest BCUT2D eigenvalue weighted by atomic mass is 10.3. The smallest absolute Gasteiger partial charge is 0.357 e. The monoisotopic (exact) mass is 289 g/mol. The van der Waals surface area contributed by atoms with Crippen molar-refractivity contribution >= 4 is 23.3 Å². The number of anilines is 2. The fourth-order valence-corrected chi connectivity index (χ4v) is 1.49. The summed E-state index contributed by atoms with van der Waals surface area (Å²) in [6, 6.07) is 8.27. The van der Waals surface area contributed by atoms with E-state index in [1.165, 1.54) is 36.5 Å². The molecule has 0 fully saturated rings. The quantitative estimate of drug-likeness (QED) is 0.834. The second-order valence-electron chi connectivity index (χ2n) is 4.11. The molecule has 1 amide bonds. The van der Waals surface area contributed by atoms with Crippen LogP contribution in [0.4, 0.5) is 15.8 Å². The second-order valence-corrected chi connectivity index (χ2v) is 4.11. The molecule has 108 valence electrons. The van der Waals surface area contributed by atoms with Crippen molar-refractivity contribution in [3.63, 3.8) is 0 Å². The Kier molecular flexibility index (Phi) is 4.45. The van der Waals surface area contributed by atoms with Crippen molar-refractivity contribution in [2.24, 2.45) is 0 Å². The summed E-state index contributed by atoms with van der Waals surface area (Å²) in [5.41, 5.74) is 6.17.